The molecule has 0 bridgehead atoms. The topological polar surface area (TPSA) is 56.8 Å². The molecule has 24 heavy (non-hydrogen) atoms. The number of methoxy groups -OCH3 is 3. The smallest absolute Gasteiger partial charge is 0.228 e. The van der Waals surface area contributed by atoms with E-state index in [0.717, 1.165) is 11.1 Å². The molecule has 1 amide bonds. The zero-order valence-corrected chi connectivity index (χ0v) is 14.9. The number of amides is 1. The van der Waals surface area contributed by atoms with Crippen molar-refractivity contribution < 1.29 is 19.0 Å². The van der Waals surface area contributed by atoms with E-state index in [2.05, 4.69) is 5.32 Å². The normalized spacial score (nSPS) is 10.2. The van der Waals surface area contributed by atoms with Crippen LogP contribution in [0.3, 0.4) is 0 Å². The van der Waals surface area contributed by atoms with Crippen LogP contribution in [0.4, 0.5) is 5.69 Å². The molecule has 0 spiro atoms. The second-order valence-electron chi connectivity index (χ2n) is 5.22. The van der Waals surface area contributed by atoms with Gasteiger partial charge in [0, 0.05) is 10.7 Å². The molecule has 5 nitrogen and oxygen atoms in total. The zero-order valence-electron chi connectivity index (χ0n) is 14.1. The molecule has 0 saturated heterocycles. The van der Waals surface area contributed by atoms with Crippen LogP contribution in [0.25, 0.3) is 0 Å². The number of hydrogen-bond acceptors (Lipinski definition) is 4. The van der Waals surface area contributed by atoms with Gasteiger partial charge in [0.25, 0.3) is 0 Å². The summed E-state index contributed by atoms with van der Waals surface area (Å²) in [5, 5.41) is 3.44. The van der Waals surface area contributed by atoms with Crippen molar-refractivity contribution in [3.63, 3.8) is 0 Å². The van der Waals surface area contributed by atoms with Crippen molar-refractivity contribution in [3.8, 4) is 17.2 Å². The van der Waals surface area contributed by atoms with Gasteiger partial charge in [-0.25, -0.2) is 0 Å². The standard InChI is InChI=1S/C18H20ClNO4/c1-11-5-6-13(19)10-14(11)20-17(21)9-12-7-15(22-2)18(24-4)16(8-12)23-3/h5-8,10H,9H2,1-4H3,(H,20,21). The van der Waals surface area contributed by atoms with Crippen molar-refractivity contribution in [1.82, 2.24) is 0 Å². The molecule has 2 aromatic rings. The molecule has 0 saturated carbocycles. The van der Waals surface area contributed by atoms with Crippen LogP contribution in [0.5, 0.6) is 17.2 Å². The SMILES string of the molecule is COc1cc(CC(=O)Nc2cc(Cl)ccc2C)cc(OC)c1OC. The van der Waals surface area contributed by atoms with Crippen molar-refractivity contribution in [3.05, 3.63) is 46.5 Å². The Labute approximate surface area is 146 Å². The van der Waals surface area contributed by atoms with Gasteiger partial charge in [-0.2, -0.15) is 0 Å². The van der Waals surface area contributed by atoms with Crippen molar-refractivity contribution in [2.45, 2.75) is 13.3 Å². The maximum absolute atomic E-state index is 12.3. The second kappa shape index (κ2) is 7.93. The number of nitrogens with one attached hydrogen (secondary N) is 1. The molecule has 0 radical (unpaired) electrons. The minimum atomic E-state index is -0.158. The Balaban J connectivity index is 2.21. The monoisotopic (exact) mass is 349 g/mol. The van der Waals surface area contributed by atoms with Gasteiger partial charge < -0.3 is 19.5 Å². The average molecular weight is 350 g/mol. The third-order valence-corrected chi connectivity index (χ3v) is 3.80. The zero-order chi connectivity index (χ0) is 17.7. The maximum atomic E-state index is 12.3. The molecule has 1 N–H and O–H groups in total. The van der Waals surface area contributed by atoms with Crippen LogP contribution in [-0.2, 0) is 11.2 Å². The van der Waals surface area contributed by atoms with E-state index in [0.29, 0.717) is 28.0 Å². The molecule has 0 unspecified atom stereocenters. The molecule has 0 heterocycles. The van der Waals surface area contributed by atoms with Gasteiger partial charge in [-0.15, -0.1) is 0 Å². The van der Waals surface area contributed by atoms with Crippen molar-refractivity contribution in [1.29, 1.82) is 0 Å². The highest BCUT2D eigenvalue weighted by atomic mass is 35.5. The quantitative estimate of drug-likeness (QED) is 0.860. The average Bonchev–Trinajstić information content (AvgIpc) is 2.57. The Morgan fingerprint density at radius 1 is 1.04 bits per heavy atom. The summed E-state index contributed by atoms with van der Waals surface area (Å²) in [6, 6.07) is 8.88. The van der Waals surface area contributed by atoms with Gasteiger partial charge in [0.05, 0.1) is 27.8 Å². The summed E-state index contributed by atoms with van der Waals surface area (Å²) in [5.74, 6) is 1.36. The number of ether oxygens (including phenoxy) is 3. The van der Waals surface area contributed by atoms with E-state index in [1.54, 1.807) is 24.3 Å². The molecule has 0 fully saturated rings. The number of halogens is 1. The predicted molar refractivity (Wildman–Crippen MR) is 94.6 cm³/mol. The van der Waals surface area contributed by atoms with E-state index in [4.69, 9.17) is 25.8 Å². The summed E-state index contributed by atoms with van der Waals surface area (Å²) in [6.07, 6.45) is 0.169. The molecule has 0 aliphatic heterocycles. The fourth-order valence-corrected chi connectivity index (χ4v) is 2.52. The van der Waals surface area contributed by atoms with Crippen molar-refractivity contribution >= 4 is 23.2 Å². The first kappa shape index (κ1) is 17.9. The minimum absolute atomic E-state index is 0.158. The van der Waals surface area contributed by atoms with Crippen LogP contribution in [-0.4, -0.2) is 27.2 Å². The largest absolute Gasteiger partial charge is 0.493 e. The number of rotatable bonds is 6. The molecule has 0 aliphatic rings. The Morgan fingerprint density at radius 3 is 2.21 bits per heavy atom. The Kier molecular flexibility index (Phi) is 5.93. The first-order valence-electron chi connectivity index (χ1n) is 7.33. The molecule has 6 heteroatoms. The maximum Gasteiger partial charge on any atom is 0.228 e. The van der Waals surface area contributed by atoms with Crippen molar-refractivity contribution in [2.75, 3.05) is 26.6 Å². The summed E-state index contributed by atoms with van der Waals surface area (Å²) < 4.78 is 15.9. The second-order valence-corrected chi connectivity index (χ2v) is 5.65. The van der Waals surface area contributed by atoms with Crippen LogP contribution in [0.15, 0.2) is 30.3 Å². The van der Waals surface area contributed by atoms with Gasteiger partial charge in [0.2, 0.25) is 11.7 Å². The van der Waals surface area contributed by atoms with E-state index in [-0.39, 0.29) is 12.3 Å². The van der Waals surface area contributed by atoms with E-state index in [9.17, 15) is 4.79 Å². The van der Waals surface area contributed by atoms with Crippen LogP contribution >= 0.6 is 11.6 Å². The number of aryl methyl sites for hydroxylation is 1. The highest BCUT2D eigenvalue weighted by molar-refractivity contribution is 6.31. The molecule has 2 rings (SSSR count). The lowest BCUT2D eigenvalue weighted by Crippen LogP contribution is -2.15. The highest BCUT2D eigenvalue weighted by Gasteiger charge is 2.15. The van der Waals surface area contributed by atoms with Crippen LogP contribution < -0.4 is 19.5 Å². The summed E-state index contributed by atoms with van der Waals surface area (Å²) in [7, 11) is 4.61. The lowest BCUT2D eigenvalue weighted by molar-refractivity contribution is -0.115. The van der Waals surface area contributed by atoms with Gasteiger partial charge in [-0.1, -0.05) is 17.7 Å². The Hall–Kier alpha value is -2.40. The molecule has 0 aliphatic carbocycles. The highest BCUT2D eigenvalue weighted by Crippen LogP contribution is 2.38. The van der Waals surface area contributed by atoms with Crippen molar-refractivity contribution in [2.24, 2.45) is 0 Å². The number of hydrogen-bond donors (Lipinski definition) is 1. The third kappa shape index (κ3) is 4.11. The minimum Gasteiger partial charge on any atom is -0.493 e. The summed E-state index contributed by atoms with van der Waals surface area (Å²) in [5.41, 5.74) is 2.39. The molecule has 0 atom stereocenters. The van der Waals surface area contributed by atoms with Gasteiger partial charge in [0.15, 0.2) is 11.5 Å². The molecule has 128 valence electrons. The predicted octanol–water partition coefficient (Wildman–Crippen LogP) is 3.86. The fourth-order valence-electron chi connectivity index (χ4n) is 2.35. The summed E-state index contributed by atoms with van der Waals surface area (Å²) in [4.78, 5) is 12.3. The van der Waals surface area contributed by atoms with E-state index in [1.165, 1.54) is 21.3 Å². The van der Waals surface area contributed by atoms with Gasteiger partial charge in [0.1, 0.15) is 0 Å². The van der Waals surface area contributed by atoms with E-state index in [1.807, 2.05) is 13.0 Å². The molecular formula is C18H20ClNO4. The lowest BCUT2D eigenvalue weighted by Gasteiger charge is -2.14. The summed E-state index contributed by atoms with van der Waals surface area (Å²) >= 11 is 5.97. The fraction of sp³-hybridized carbons (Fsp3) is 0.278. The first-order chi connectivity index (χ1) is 11.5. The number of carbonyl (C=O) groups is 1. The lowest BCUT2D eigenvalue weighted by atomic mass is 10.1. The Morgan fingerprint density at radius 2 is 1.67 bits per heavy atom. The Bertz CT molecular complexity index is 721. The van der Waals surface area contributed by atoms with Gasteiger partial charge in [-0.3, -0.25) is 4.79 Å². The number of anilines is 1. The number of carbonyl (C=O) groups excluding carboxylic acids is 1. The summed E-state index contributed by atoms with van der Waals surface area (Å²) in [6.45, 7) is 1.91. The first-order valence-corrected chi connectivity index (χ1v) is 7.71. The van der Waals surface area contributed by atoms with Crippen LogP contribution in [0.2, 0.25) is 5.02 Å². The molecular weight excluding hydrogens is 330 g/mol. The molecule has 2 aromatic carbocycles. The molecule has 0 aromatic heterocycles. The van der Waals surface area contributed by atoms with E-state index >= 15 is 0 Å². The van der Waals surface area contributed by atoms with Crippen LogP contribution in [0, 0.1) is 6.92 Å². The van der Waals surface area contributed by atoms with Gasteiger partial charge >= 0.3 is 0 Å². The van der Waals surface area contributed by atoms with E-state index < -0.39 is 0 Å². The third-order valence-electron chi connectivity index (χ3n) is 3.56. The van der Waals surface area contributed by atoms with Crippen LogP contribution in [0.1, 0.15) is 11.1 Å². The number of benzene rings is 2. The van der Waals surface area contributed by atoms with Gasteiger partial charge in [-0.05, 0) is 42.3 Å².